The SMILES string of the molecule is c1ccc(Cn2c[n+](Cc3ccc4ccc(C[n+]5cn(Cc6ccccc6)c6ccccc65)cc4c3)c3ccccc32)cc1. The molecule has 0 saturated carbocycles. The Bertz CT molecular complexity index is 2070. The molecule has 0 spiro atoms. The zero-order valence-electron chi connectivity index (χ0n) is 24.6. The molecule has 0 fully saturated rings. The zero-order valence-corrected chi connectivity index (χ0v) is 24.6. The van der Waals surface area contributed by atoms with Gasteiger partial charge in [-0.05, 0) is 69.4 Å². The molecule has 0 atom stereocenters. The maximum Gasteiger partial charge on any atom is 0.245 e. The number of hydrogen-bond acceptors (Lipinski definition) is 0. The smallest absolute Gasteiger partial charge is 0.226 e. The number of rotatable bonds is 8. The van der Waals surface area contributed by atoms with E-state index < -0.39 is 0 Å². The van der Waals surface area contributed by atoms with Gasteiger partial charge < -0.3 is 0 Å². The second-order valence-electron chi connectivity index (χ2n) is 11.7. The zero-order chi connectivity index (χ0) is 29.3. The molecule has 0 N–H and O–H groups in total. The maximum absolute atomic E-state index is 2.38. The average molecular weight is 571 g/mol. The second-order valence-corrected chi connectivity index (χ2v) is 11.7. The van der Waals surface area contributed by atoms with Gasteiger partial charge in [0.05, 0.1) is 0 Å². The predicted molar refractivity (Wildman–Crippen MR) is 178 cm³/mol. The van der Waals surface area contributed by atoms with Crippen molar-refractivity contribution in [3.63, 3.8) is 0 Å². The summed E-state index contributed by atoms with van der Waals surface area (Å²) < 4.78 is 9.46. The molecule has 44 heavy (non-hydrogen) atoms. The number of fused-ring (bicyclic) bond motifs is 3. The van der Waals surface area contributed by atoms with Crippen LogP contribution >= 0.6 is 0 Å². The highest BCUT2D eigenvalue weighted by molar-refractivity contribution is 5.84. The van der Waals surface area contributed by atoms with E-state index in [2.05, 4.69) is 177 Å². The quantitative estimate of drug-likeness (QED) is 0.168. The van der Waals surface area contributed by atoms with E-state index in [1.165, 1.54) is 55.1 Å². The molecule has 0 amide bonds. The van der Waals surface area contributed by atoms with Crippen LogP contribution in [0.3, 0.4) is 0 Å². The Hall–Kier alpha value is -5.48. The first-order valence-corrected chi connectivity index (χ1v) is 15.3. The molecule has 0 aliphatic rings. The minimum Gasteiger partial charge on any atom is -0.226 e. The molecule has 0 aliphatic heterocycles. The third-order valence-electron chi connectivity index (χ3n) is 8.63. The summed E-state index contributed by atoms with van der Waals surface area (Å²) in [6.45, 7) is 3.36. The van der Waals surface area contributed by atoms with Crippen molar-refractivity contribution in [1.82, 2.24) is 9.13 Å². The average Bonchev–Trinajstić information content (AvgIpc) is 3.59. The largest absolute Gasteiger partial charge is 0.245 e. The number of benzene rings is 6. The summed E-state index contributed by atoms with van der Waals surface area (Å²) in [5.41, 5.74) is 10.2. The Kier molecular flexibility index (Phi) is 6.73. The van der Waals surface area contributed by atoms with Crippen LogP contribution in [-0.4, -0.2) is 9.13 Å². The van der Waals surface area contributed by atoms with Crippen LogP contribution in [-0.2, 0) is 26.2 Å². The Balaban J connectivity index is 1.09. The summed E-state index contributed by atoms with van der Waals surface area (Å²) in [5, 5.41) is 2.55. The minimum atomic E-state index is 0.824. The fraction of sp³-hybridized carbons (Fsp3) is 0.100. The first kappa shape index (κ1) is 26.2. The molecule has 8 aromatic rings. The van der Waals surface area contributed by atoms with E-state index in [9.17, 15) is 0 Å². The highest BCUT2D eigenvalue weighted by Crippen LogP contribution is 2.21. The molecular formula is C40H34N4+2. The highest BCUT2D eigenvalue weighted by atomic mass is 15.1. The van der Waals surface area contributed by atoms with Gasteiger partial charge in [-0.25, -0.2) is 18.3 Å². The number of nitrogens with zero attached hydrogens (tertiary/aromatic N) is 4. The van der Waals surface area contributed by atoms with Crippen molar-refractivity contribution in [3.8, 4) is 0 Å². The van der Waals surface area contributed by atoms with E-state index >= 15 is 0 Å². The van der Waals surface area contributed by atoms with E-state index in [1.54, 1.807) is 0 Å². The van der Waals surface area contributed by atoms with Crippen molar-refractivity contribution in [2.45, 2.75) is 26.2 Å². The first-order valence-electron chi connectivity index (χ1n) is 15.3. The van der Waals surface area contributed by atoms with Crippen LogP contribution in [0.4, 0.5) is 0 Å². The monoisotopic (exact) mass is 570 g/mol. The van der Waals surface area contributed by atoms with Crippen LogP contribution in [0.1, 0.15) is 22.3 Å². The summed E-state index contributed by atoms with van der Waals surface area (Å²) >= 11 is 0. The molecule has 4 heteroatoms. The van der Waals surface area contributed by atoms with Crippen LogP contribution in [0.25, 0.3) is 32.8 Å². The Morgan fingerprint density at radius 3 is 1.30 bits per heavy atom. The number of hydrogen-bond donors (Lipinski definition) is 0. The molecule has 4 nitrogen and oxygen atoms in total. The van der Waals surface area contributed by atoms with E-state index in [0.717, 1.165) is 26.2 Å². The fourth-order valence-electron chi connectivity index (χ4n) is 6.49. The van der Waals surface area contributed by atoms with Gasteiger partial charge in [0, 0.05) is 0 Å². The molecule has 0 radical (unpaired) electrons. The van der Waals surface area contributed by atoms with Gasteiger partial charge in [0.15, 0.2) is 22.1 Å². The molecule has 8 rings (SSSR count). The number of para-hydroxylation sites is 4. The first-order chi connectivity index (χ1) is 21.8. The Morgan fingerprint density at radius 2 is 0.818 bits per heavy atom. The van der Waals surface area contributed by atoms with E-state index in [0.29, 0.717) is 0 Å². The molecule has 6 aromatic carbocycles. The van der Waals surface area contributed by atoms with Crippen molar-refractivity contribution in [1.29, 1.82) is 0 Å². The summed E-state index contributed by atoms with van der Waals surface area (Å²) in [6, 6.07) is 52.5. The number of aromatic nitrogens is 4. The lowest BCUT2D eigenvalue weighted by molar-refractivity contribution is -0.663. The van der Waals surface area contributed by atoms with Gasteiger partial charge >= 0.3 is 0 Å². The van der Waals surface area contributed by atoms with Crippen LogP contribution in [0.5, 0.6) is 0 Å². The minimum absolute atomic E-state index is 0.824. The van der Waals surface area contributed by atoms with Gasteiger partial charge in [-0.3, -0.25) is 0 Å². The van der Waals surface area contributed by atoms with Crippen LogP contribution < -0.4 is 9.13 Å². The normalized spacial score (nSPS) is 11.5. The summed E-state index contributed by atoms with van der Waals surface area (Å²) in [7, 11) is 0. The molecular weight excluding hydrogens is 536 g/mol. The topological polar surface area (TPSA) is 17.6 Å². The Morgan fingerprint density at radius 1 is 0.386 bits per heavy atom. The third kappa shape index (κ3) is 5.16. The lowest BCUT2D eigenvalue weighted by atomic mass is 10.0. The molecule has 0 saturated heterocycles. The maximum atomic E-state index is 2.38. The van der Waals surface area contributed by atoms with Gasteiger partial charge in [-0.1, -0.05) is 109 Å². The van der Waals surface area contributed by atoms with Gasteiger partial charge in [0.1, 0.15) is 26.2 Å². The molecule has 0 bridgehead atoms. The van der Waals surface area contributed by atoms with Gasteiger partial charge in [-0.2, -0.15) is 0 Å². The van der Waals surface area contributed by atoms with Gasteiger partial charge in [0.2, 0.25) is 12.7 Å². The third-order valence-corrected chi connectivity index (χ3v) is 8.63. The lowest BCUT2D eigenvalue weighted by Gasteiger charge is -2.06. The van der Waals surface area contributed by atoms with E-state index in [1.807, 2.05) is 0 Å². The van der Waals surface area contributed by atoms with Crippen molar-refractivity contribution in [2.24, 2.45) is 0 Å². The molecule has 212 valence electrons. The van der Waals surface area contributed by atoms with Crippen LogP contribution in [0.2, 0.25) is 0 Å². The second kappa shape index (κ2) is 11.3. The highest BCUT2D eigenvalue weighted by Gasteiger charge is 2.18. The van der Waals surface area contributed by atoms with Crippen molar-refractivity contribution >= 4 is 32.8 Å². The standard InChI is InChI=1S/C40H34N4/c1-3-11-31(12-4-1)25-41-29-43(39-17-9-7-15-37(39)41)27-33-19-21-35-22-20-34(24-36(35)23-33)28-44-30-42(26-32-13-5-2-6-14-32)38-16-8-10-18-40(38)44/h1-24,29-30H,25-28H2/q+2. The summed E-state index contributed by atoms with van der Waals surface area (Å²) in [6.07, 6.45) is 4.53. The Labute approximate surface area is 257 Å². The van der Waals surface area contributed by atoms with Crippen molar-refractivity contribution < 1.29 is 9.13 Å². The summed E-state index contributed by atoms with van der Waals surface area (Å²) in [4.78, 5) is 0. The van der Waals surface area contributed by atoms with Crippen molar-refractivity contribution in [2.75, 3.05) is 0 Å². The predicted octanol–water partition coefficient (Wildman–Crippen LogP) is 7.52. The van der Waals surface area contributed by atoms with Crippen LogP contribution in [0, 0.1) is 0 Å². The fourth-order valence-corrected chi connectivity index (χ4v) is 6.49. The molecule has 2 heterocycles. The lowest BCUT2D eigenvalue weighted by Crippen LogP contribution is -2.33. The van der Waals surface area contributed by atoms with E-state index in [4.69, 9.17) is 0 Å². The molecule has 2 aromatic heterocycles. The van der Waals surface area contributed by atoms with Gasteiger partial charge in [0.25, 0.3) is 0 Å². The van der Waals surface area contributed by atoms with Crippen molar-refractivity contribution in [3.05, 3.63) is 181 Å². The summed E-state index contributed by atoms with van der Waals surface area (Å²) in [5.74, 6) is 0. The van der Waals surface area contributed by atoms with Gasteiger partial charge in [-0.15, -0.1) is 0 Å². The van der Waals surface area contributed by atoms with E-state index in [-0.39, 0.29) is 0 Å². The molecule has 0 aliphatic carbocycles. The number of imidazole rings is 2. The van der Waals surface area contributed by atoms with Crippen LogP contribution in [0.15, 0.2) is 158 Å². The molecule has 0 unspecified atom stereocenters.